The van der Waals surface area contributed by atoms with Gasteiger partial charge in [-0.2, -0.15) is 0 Å². The van der Waals surface area contributed by atoms with Crippen molar-refractivity contribution in [3.63, 3.8) is 0 Å². The second-order valence-corrected chi connectivity index (χ2v) is 7.76. The number of aromatic nitrogens is 1. The van der Waals surface area contributed by atoms with Crippen LogP contribution < -0.4 is 15.2 Å². The van der Waals surface area contributed by atoms with Crippen LogP contribution in [0.3, 0.4) is 0 Å². The van der Waals surface area contributed by atoms with E-state index in [1.54, 1.807) is 11.8 Å². The van der Waals surface area contributed by atoms with Gasteiger partial charge in [-0.05, 0) is 36.5 Å². The van der Waals surface area contributed by atoms with Gasteiger partial charge in [0.1, 0.15) is 0 Å². The lowest BCUT2D eigenvalue weighted by Crippen LogP contribution is -2.52. The smallest absolute Gasteiger partial charge is 0.169 e. The first-order valence-corrected chi connectivity index (χ1v) is 10.1. The van der Waals surface area contributed by atoms with E-state index in [0.29, 0.717) is 0 Å². The average molecular weight is 394 g/mol. The Bertz CT molecular complexity index is 673. The predicted molar refractivity (Wildman–Crippen MR) is 110 cm³/mol. The first-order chi connectivity index (χ1) is 12.2. The quantitative estimate of drug-likeness (QED) is 0.479. The normalized spacial score (nSPS) is 14.4. The van der Waals surface area contributed by atoms with Gasteiger partial charge >= 0.3 is 0 Å². The van der Waals surface area contributed by atoms with Crippen molar-refractivity contribution in [2.45, 2.75) is 4.90 Å². The van der Waals surface area contributed by atoms with Gasteiger partial charge in [0.25, 0.3) is 0 Å². The van der Waals surface area contributed by atoms with Crippen LogP contribution in [0.2, 0.25) is 5.02 Å². The van der Waals surface area contributed by atoms with Crippen molar-refractivity contribution >= 4 is 46.4 Å². The molecule has 0 aliphatic carbocycles. The highest BCUT2D eigenvalue weighted by Gasteiger charge is 2.19. The highest BCUT2D eigenvalue weighted by molar-refractivity contribution is 7.99. The van der Waals surface area contributed by atoms with E-state index in [-0.39, 0.29) is 0 Å². The lowest BCUT2D eigenvalue weighted by molar-refractivity contribution is -0.377. The van der Waals surface area contributed by atoms with E-state index in [2.05, 4.69) is 32.2 Å². The van der Waals surface area contributed by atoms with Crippen LogP contribution in [0.1, 0.15) is 0 Å². The van der Waals surface area contributed by atoms with Crippen molar-refractivity contribution in [1.82, 2.24) is 10.2 Å². The summed E-state index contributed by atoms with van der Waals surface area (Å²) in [7, 11) is 0. The molecular formula is C18H22ClN4S2+. The lowest BCUT2D eigenvalue weighted by Gasteiger charge is -2.37. The number of aromatic amines is 1. The van der Waals surface area contributed by atoms with Crippen molar-refractivity contribution in [3.05, 3.63) is 53.8 Å². The number of rotatable bonds is 5. The van der Waals surface area contributed by atoms with Gasteiger partial charge in [0.15, 0.2) is 17.5 Å². The molecule has 1 saturated heterocycles. The number of hydrogen-bond donors (Lipinski definition) is 1. The van der Waals surface area contributed by atoms with Crippen molar-refractivity contribution < 1.29 is 4.98 Å². The Balaban J connectivity index is 1.36. The minimum atomic E-state index is 0.774. The van der Waals surface area contributed by atoms with Gasteiger partial charge in [0, 0.05) is 66.2 Å². The molecule has 4 nitrogen and oxygen atoms in total. The van der Waals surface area contributed by atoms with E-state index < -0.39 is 0 Å². The molecule has 1 aromatic carbocycles. The molecule has 0 bridgehead atoms. The molecular weight excluding hydrogens is 372 g/mol. The van der Waals surface area contributed by atoms with Crippen LogP contribution in [0.15, 0.2) is 53.7 Å². The first-order valence-electron chi connectivity index (χ1n) is 8.34. The average Bonchev–Trinajstić information content (AvgIpc) is 2.67. The minimum absolute atomic E-state index is 0.774. The van der Waals surface area contributed by atoms with Crippen LogP contribution in [-0.4, -0.2) is 48.5 Å². The monoisotopic (exact) mass is 393 g/mol. The van der Waals surface area contributed by atoms with Crippen LogP contribution in [0, 0.1) is 0 Å². The first kappa shape index (κ1) is 18.3. The second-order valence-electron chi connectivity index (χ2n) is 5.77. The number of piperazine rings is 1. The second kappa shape index (κ2) is 9.27. The summed E-state index contributed by atoms with van der Waals surface area (Å²) in [6.45, 7) is 4.75. The van der Waals surface area contributed by atoms with Crippen molar-refractivity contribution in [2.75, 3.05) is 43.4 Å². The van der Waals surface area contributed by atoms with Gasteiger partial charge < -0.3 is 15.1 Å². The number of halogens is 1. The summed E-state index contributed by atoms with van der Waals surface area (Å²) >= 11 is 13.2. The SMILES string of the molecule is S=C(NCCSc1ccc(Cl)cc1)N1CCN(c2cc[nH+]cc2)CC1. The summed E-state index contributed by atoms with van der Waals surface area (Å²) in [4.78, 5) is 8.94. The van der Waals surface area contributed by atoms with Crippen LogP contribution >= 0.6 is 35.6 Å². The summed E-state index contributed by atoms with van der Waals surface area (Å²) in [6.07, 6.45) is 3.93. The minimum Gasteiger partial charge on any atom is -0.368 e. The summed E-state index contributed by atoms with van der Waals surface area (Å²) < 4.78 is 0. The van der Waals surface area contributed by atoms with Gasteiger partial charge in [-0.3, -0.25) is 0 Å². The number of H-pyrrole nitrogens is 1. The fourth-order valence-corrected chi connectivity index (χ4v) is 3.91. The topological polar surface area (TPSA) is 32.6 Å². The Hall–Kier alpha value is -1.50. The van der Waals surface area contributed by atoms with E-state index in [1.807, 2.05) is 36.7 Å². The number of hydrogen-bond acceptors (Lipinski definition) is 3. The third kappa shape index (κ3) is 5.49. The van der Waals surface area contributed by atoms with Gasteiger partial charge in [-0.25, -0.2) is 4.98 Å². The molecule has 1 aliphatic rings. The Labute approximate surface area is 163 Å². The number of nitrogens with zero attached hydrogens (tertiary/aromatic N) is 2. The molecule has 1 fully saturated rings. The molecule has 1 aliphatic heterocycles. The number of nitrogens with one attached hydrogen (secondary N) is 2. The highest BCUT2D eigenvalue weighted by atomic mass is 35.5. The maximum Gasteiger partial charge on any atom is 0.169 e. The fourth-order valence-electron chi connectivity index (χ4n) is 2.73. The standard InChI is InChI=1S/C18H21ClN4S2/c19-15-1-3-17(4-2-15)25-14-9-21-18(24)23-12-10-22(11-13-23)16-5-7-20-8-6-16/h1-8H,9-14H2,(H,21,24)/p+1. The molecule has 0 amide bonds. The molecule has 2 aromatic rings. The van der Waals surface area contributed by atoms with E-state index in [4.69, 9.17) is 23.8 Å². The van der Waals surface area contributed by atoms with Gasteiger partial charge in [0.2, 0.25) is 0 Å². The summed E-state index contributed by atoms with van der Waals surface area (Å²) in [5.74, 6) is 0.974. The maximum atomic E-state index is 5.90. The fraction of sp³-hybridized carbons (Fsp3) is 0.333. The number of anilines is 1. The number of thiocarbonyl (C=S) groups is 1. The number of thioether (sulfide) groups is 1. The molecule has 1 aromatic heterocycles. The Morgan fingerprint density at radius 2 is 1.76 bits per heavy atom. The largest absolute Gasteiger partial charge is 0.368 e. The van der Waals surface area contributed by atoms with Crippen LogP contribution in [-0.2, 0) is 0 Å². The molecule has 0 spiro atoms. The van der Waals surface area contributed by atoms with E-state index in [0.717, 1.165) is 48.6 Å². The number of benzene rings is 1. The third-order valence-corrected chi connectivity index (χ3v) is 5.76. The zero-order valence-electron chi connectivity index (χ0n) is 14.0. The van der Waals surface area contributed by atoms with Gasteiger partial charge in [0.05, 0.1) is 0 Å². The van der Waals surface area contributed by atoms with Crippen LogP contribution in [0.5, 0.6) is 0 Å². The van der Waals surface area contributed by atoms with Crippen LogP contribution in [0.25, 0.3) is 0 Å². The molecule has 0 unspecified atom stereocenters. The third-order valence-electron chi connectivity index (χ3n) is 4.09. The molecule has 0 atom stereocenters. The van der Waals surface area contributed by atoms with E-state index >= 15 is 0 Å². The zero-order valence-corrected chi connectivity index (χ0v) is 16.3. The molecule has 132 valence electrons. The summed E-state index contributed by atoms with van der Waals surface area (Å²) in [5, 5.41) is 5.01. The highest BCUT2D eigenvalue weighted by Crippen LogP contribution is 2.19. The number of pyridine rings is 1. The molecule has 25 heavy (non-hydrogen) atoms. The van der Waals surface area contributed by atoms with Crippen molar-refractivity contribution in [2.24, 2.45) is 0 Å². The van der Waals surface area contributed by atoms with Gasteiger partial charge in [-0.1, -0.05) is 11.6 Å². The Morgan fingerprint density at radius 1 is 1.08 bits per heavy atom. The van der Waals surface area contributed by atoms with Crippen molar-refractivity contribution in [3.8, 4) is 0 Å². The molecule has 2 heterocycles. The summed E-state index contributed by atoms with van der Waals surface area (Å²) in [5.41, 5.74) is 1.26. The molecule has 2 N–H and O–H groups in total. The molecule has 3 rings (SSSR count). The van der Waals surface area contributed by atoms with E-state index in [9.17, 15) is 0 Å². The predicted octanol–water partition coefficient (Wildman–Crippen LogP) is 2.94. The summed E-state index contributed by atoms with van der Waals surface area (Å²) in [6, 6.07) is 12.2. The Morgan fingerprint density at radius 3 is 2.44 bits per heavy atom. The molecule has 0 radical (unpaired) electrons. The van der Waals surface area contributed by atoms with Gasteiger partial charge in [-0.15, -0.1) is 11.8 Å². The lowest BCUT2D eigenvalue weighted by atomic mass is 10.3. The van der Waals surface area contributed by atoms with Crippen LogP contribution in [0.4, 0.5) is 5.69 Å². The van der Waals surface area contributed by atoms with E-state index in [1.165, 1.54) is 10.6 Å². The molecule has 0 saturated carbocycles. The maximum absolute atomic E-state index is 5.90. The zero-order chi connectivity index (χ0) is 17.5. The van der Waals surface area contributed by atoms with Crippen molar-refractivity contribution in [1.29, 1.82) is 0 Å². The Kier molecular flexibility index (Phi) is 6.78. The molecule has 7 heteroatoms.